The number of hydrogen-bond donors (Lipinski definition) is 0. The molecule has 3 aromatic rings. The molecular formula is C29H35N3O4. The number of likely N-dealkylation sites (tertiary alicyclic amines) is 1. The Labute approximate surface area is 213 Å². The summed E-state index contributed by atoms with van der Waals surface area (Å²) in [6.07, 6.45) is 4.22. The standard InChI is InChI=1S/C29H35N3O4/c1-5-31-14-12-21(13-15-31)32(20-10-11-20)29(33)23-18-25(30-24-9-7-6-8-22(23)24)19-16-26(34-2)28(36-4)27(17-19)35-3/h6-9,16-18,20-21H,5,10-15H2,1-4H3. The molecule has 2 aromatic carbocycles. The van der Waals surface area contributed by atoms with E-state index in [0.717, 1.165) is 61.8 Å². The van der Waals surface area contributed by atoms with Gasteiger partial charge in [0.15, 0.2) is 11.5 Å². The average molecular weight is 490 g/mol. The number of carbonyl (C=O) groups is 1. The van der Waals surface area contributed by atoms with Crippen molar-refractivity contribution in [3.8, 4) is 28.5 Å². The van der Waals surface area contributed by atoms with Crippen LogP contribution >= 0.6 is 0 Å². The molecule has 7 heteroatoms. The lowest BCUT2D eigenvalue weighted by molar-refractivity contribution is 0.0556. The zero-order chi connectivity index (χ0) is 25.2. The minimum absolute atomic E-state index is 0.111. The van der Waals surface area contributed by atoms with Gasteiger partial charge in [0.2, 0.25) is 5.75 Å². The van der Waals surface area contributed by atoms with Gasteiger partial charge in [0.05, 0.1) is 38.1 Å². The minimum atomic E-state index is 0.111. The number of ether oxygens (including phenoxy) is 3. The number of hydrogen-bond acceptors (Lipinski definition) is 6. The number of nitrogens with zero attached hydrogens (tertiary/aromatic N) is 3. The van der Waals surface area contributed by atoms with E-state index in [1.165, 1.54) is 0 Å². The maximum Gasteiger partial charge on any atom is 0.255 e. The molecule has 1 aliphatic carbocycles. The quantitative estimate of drug-likeness (QED) is 0.443. The molecule has 1 aliphatic heterocycles. The summed E-state index contributed by atoms with van der Waals surface area (Å²) in [5, 5.41) is 0.885. The van der Waals surface area contributed by atoms with Gasteiger partial charge in [-0.2, -0.15) is 0 Å². The lowest BCUT2D eigenvalue weighted by Gasteiger charge is -2.38. The Bertz CT molecular complexity index is 1220. The van der Waals surface area contributed by atoms with Crippen molar-refractivity contribution in [2.45, 2.75) is 44.7 Å². The number of amides is 1. The maximum atomic E-state index is 14.2. The number of carbonyl (C=O) groups excluding carboxylic acids is 1. The van der Waals surface area contributed by atoms with Gasteiger partial charge in [-0.25, -0.2) is 4.98 Å². The third-order valence-electron chi connectivity index (χ3n) is 7.48. The summed E-state index contributed by atoms with van der Waals surface area (Å²) in [6.45, 7) is 5.37. The second kappa shape index (κ2) is 10.3. The number of fused-ring (bicyclic) bond motifs is 1. The third-order valence-corrected chi connectivity index (χ3v) is 7.48. The summed E-state index contributed by atoms with van der Waals surface area (Å²) < 4.78 is 16.6. The molecule has 5 rings (SSSR count). The molecule has 1 aromatic heterocycles. The van der Waals surface area contributed by atoms with Crippen molar-refractivity contribution in [1.82, 2.24) is 14.8 Å². The van der Waals surface area contributed by atoms with E-state index < -0.39 is 0 Å². The fourth-order valence-electron chi connectivity index (χ4n) is 5.36. The zero-order valence-corrected chi connectivity index (χ0v) is 21.6. The molecule has 0 bridgehead atoms. The molecule has 0 atom stereocenters. The van der Waals surface area contributed by atoms with E-state index in [1.54, 1.807) is 21.3 Å². The van der Waals surface area contributed by atoms with Crippen molar-refractivity contribution in [1.29, 1.82) is 0 Å². The van der Waals surface area contributed by atoms with Crippen LogP contribution in [0.15, 0.2) is 42.5 Å². The van der Waals surface area contributed by atoms with Gasteiger partial charge in [-0.3, -0.25) is 4.79 Å². The van der Waals surface area contributed by atoms with Crippen LogP contribution in [0, 0.1) is 0 Å². The largest absolute Gasteiger partial charge is 0.493 e. The van der Waals surface area contributed by atoms with Crippen molar-refractivity contribution < 1.29 is 19.0 Å². The molecule has 0 unspecified atom stereocenters. The van der Waals surface area contributed by atoms with E-state index in [9.17, 15) is 4.79 Å². The van der Waals surface area contributed by atoms with E-state index in [4.69, 9.17) is 19.2 Å². The maximum absolute atomic E-state index is 14.2. The second-order valence-electron chi connectivity index (χ2n) is 9.60. The first-order valence-corrected chi connectivity index (χ1v) is 12.8. The molecule has 1 amide bonds. The Balaban J connectivity index is 1.59. The highest BCUT2D eigenvalue weighted by molar-refractivity contribution is 6.07. The third kappa shape index (κ3) is 4.60. The number of rotatable bonds is 8. The van der Waals surface area contributed by atoms with Crippen molar-refractivity contribution in [3.63, 3.8) is 0 Å². The van der Waals surface area contributed by atoms with Gasteiger partial charge >= 0.3 is 0 Å². The first-order valence-electron chi connectivity index (χ1n) is 12.8. The Hall–Kier alpha value is -3.32. The Morgan fingerprint density at radius 2 is 1.58 bits per heavy atom. The molecular weight excluding hydrogens is 454 g/mol. The van der Waals surface area contributed by atoms with Crippen LogP contribution in [0.2, 0.25) is 0 Å². The summed E-state index contributed by atoms with van der Waals surface area (Å²) in [5.74, 6) is 1.74. The Morgan fingerprint density at radius 3 is 2.17 bits per heavy atom. The molecule has 36 heavy (non-hydrogen) atoms. The predicted molar refractivity (Wildman–Crippen MR) is 141 cm³/mol. The monoisotopic (exact) mass is 489 g/mol. The normalized spacial score (nSPS) is 16.7. The van der Waals surface area contributed by atoms with Crippen molar-refractivity contribution in [3.05, 3.63) is 48.0 Å². The van der Waals surface area contributed by atoms with Crippen molar-refractivity contribution in [2.75, 3.05) is 41.0 Å². The molecule has 0 radical (unpaired) electrons. The van der Waals surface area contributed by atoms with Crippen LogP contribution < -0.4 is 14.2 Å². The highest BCUT2D eigenvalue weighted by Crippen LogP contribution is 2.42. The molecule has 0 N–H and O–H groups in total. The first kappa shape index (κ1) is 24.4. The van der Waals surface area contributed by atoms with Crippen LogP contribution in [0.1, 0.15) is 43.0 Å². The summed E-state index contributed by atoms with van der Waals surface area (Å²) >= 11 is 0. The number of piperidine rings is 1. The van der Waals surface area contributed by atoms with Crippen molar-refractivity contribution in [2.24, 2.45) is 0 Å². The molecule has 7 nitrogen and oxygen atoms in total. The highest BCUT2D eigenvalue weighted by Gasteiger charge is 2.39. The summed E-state index contributed by atoms with van der Waals surface area (Å²) in [5.41, 5.74) is 3.00. The summed E-state index contributed by atoms with van der Waals surface area (Å²) in [6, 6.07) is 14.2. The number of benzene rings is 2. The van der Waals surface area contributed by atoms with Crippen LogP contribution in [-0.4, -0.2) is 73.7 Å². The van der Waals surface area contributed by atoms with Gasteiger partial charge in [0, 0.05) is 36.1 Å². The van der Waals surface area contributed by atoms with Crippen molar-refractivity contribution >= 4 is 16.8 Å². The number of para-hydroxylation sites is 1. The first-order chi connectivity index (χ1) is 17.6. The van der Waals surface area contributed by atoms with E-state index in [2.05, 4.69) is 16.7 Å². The smallest absolute Gasteiger partial charge is 0.255 e. The fraction of sp³-hybridized carbons (Fsp3) is 0.448. The minimum Gasteiger partial charge on any atom is -0.493 e. The van der Waals surface area contributed by atoms with Gasteiger partial charge in [0.25, 0.3) is 5.91 Å². The predicted octanol–water partition coefficient (Wildman–Crippen LogP) is 5.02. The fourth-order valence-corrected chi connectivity index (χ4v) is 5.36. The number of methoxy groups -OCH3 is 3. The SMILES string of the molecule is CCN1CCC(N(C(=O)c2cc(-c3cc(OC)c(OC)c(OC)c3)nc3ccccc23)C2CC2)CC1. The van der Waals surface area contributed by atoms with Crippen LogP contribution in [0.25, 0.3) is 22.2 Å². The van der Waals surface area contributed by atoms with E-state index in [0.29, 0.717) is 34.5 Å². The van der Waals surface area contributed by atoms with E-state index >= 15 is 0 Å². The molecule has 1 saturated heterocycles. The number of aromatic nitrogens is 1. The highest BCUT2D eigenvalue weighted by atomic mass is 16.5. The van der Waals surface area contributed by atoms with Crippen LogP contribution in [0.4, 0.5) is 0 Å². The van der Waals surface area contributed by atoms with Crippen LogP contribution in [0.5, 0.6) is 17.2 Å². The molecule has 0 spiro atoms. The van der Waals surface area contributed by atoms with Gasteiger partial charge in [-0.15, -0.1) is 0 Å². The number of pyridine rings is 1. The molecule has 2 fully saturated rings. The second-order valence-corrected chi connectivity index (χ2v) is 9.60. The summed E-state index contributed by atoms with van der Waals surface area (Å²) in [7, 11) is 4.78. The van der Waals surface area contributed by atoms with Gasteiger partial charge in [-0.1, -0.05) is 25.1 Å². The molecule has 1 saturated carbocycles. The van der Waals surface area contributed by atoms with Crippen LogP contribution in [0.3, 0.4) is 0 Å². The topological polar surface area (TPSA) is 64.1 Å². The Morgan fingerprint density at radius 1 is 0.944 bits per heavy atom. The molecule has 190 valence electrons. The van der Waals surface area contributed by atoms with E-state index in [-0.39, 0.29) is 11.9 Å². The molecule has 2 heterocycles. The lowest BCUT2D eigenvalue weighted by Crippen LogP contribution is -2.48. The molecule has 2 aliphatic rings. The average Bonchev–Trinajstić information content (AvgIpc) is 3.77. The van der Waals surface area contributed by atoms with Gasteiger partial charge in [0.1, 0.15) is 0 Å². The zero-order valence-electron chi connectivity index (χ0n) is 21.6. The van der Waals surface area contributed by atoms with Gasteiger partial charge in [-0.05, 0) is 56.5 Å². The van der Waals surface area contributed by atoms with E-state index in [1.807, 2.05) is 42.5 Å². The van der Waals surface area contributed by atoms with Crippen LogP contribution in [-0.2, 0) is 0 Å². The summed E-state index contributed by atoms with van der Waals surface area (Å²) in [4.78, 5) is 23.8. The lowest BCUT2D eigenvalue weighted by atomic mass is 9.99. The Kier molecular flexibility index (Phi) is 7.01. The van der Waals surface area contributed by atoms with Gasteiger partial charge < -0.3 is 24.0 Å².